The van der Waals surface area contributed by atoms with Gasteiger partial charge in [-0.15, -0.1) is 24.0 Å². The van der Waals surface area contributed by atoms with E-state index in [1.807, 2.05) is 25.1 Å². The molecule has 23 heavy (non-hydrogen) atoms. The molecule has 0 aromatic heterocycles. The lowest BCUT2D eigenvalue weighted by Crippen LogP contribution is -2.39. The maximum Gasteiger partial charge on any atom is 0.307 e. The highest BCUT2D eigenvalue weighted by Gasteiger charge is 2.20. The van der Waals surface area contributed by atoms with E-state index in [0.717, 1.165) is 12.5 Å². The third-order valence-electron chi connectivity index (χ3n) is 3.38. The van der Waals surface area contributed by atoms with Crippen LogP contribution in [0.3, 0.4) is 0 Å². The van der Waals surface area contributed by atoms with Gasteiger partial charge >= 0.3 is 5.97 Å². The predicted molar refractivity (Wildman–Crippen MR) is 105 cm³/mol. The lowest BCUT2D eigenvalue weighted by molar-refractivity contribution is -0.140. The van der Waals surface area contributed by atoms with Crippen LogP contribution in [-0.2, 0) is 14.9 Å². The highest BCUT2D eigenvalue weighted by molar-refractivity contribution is 14.0. The molecule has 1 aromatic carbocycles. The second kappa shape index (κ2) is 11.3. The maximum absolute atomic E-state index is 11.1. The standard InChI is InChI=1S/C17H27N3O2.HI/c1-5-18-16(19-12-11-15(21)22-4)20-13-17(2,3)14-9-7-6-8-10-14;/h6-10H,5,11-13H2,1-4H3,(H2,18,19,20);1H. The summed E-state index contributed by atoms with van der Waals surface area (Å²) in [5.41, 5.74) is 1.20. The van der Waals surface area contributed by atoms with Gasteiger partial charge < -0.3 is 15.4 Å². The van der Waals surface area contributed by atoms with Gasteiger partial charge in [0.15, 0.2) is 5.96 Å². The van der Waals surface area contributed by atoms with Gasteiger partial charge in [-0.05, 0) is 12.5 Å². The van der Waals surface area contributed by atoms with Crippen molar-refractivity contribution in [3.8, 4) is 0 Å². The van der Waals surface area contributed by atoms with Crippen molar-refractivity contribution < 1.29 is 9.53 Å². The van der Waals surface area contributed by atoms with E-state index in [0.29, 0.717) is 19.5 Å². The second-order valence-electron chi connectivity index (χ2n) is 5.70. The number of esters is 1. The van der Waals surface area contributed by atoms with E-state index in [-0.39, 0.29) is 35.4 Å². The Bertz CT molecular complexity index is 490. The summed E-state index contributed by atoms with van der Waals surface area (Å²) in [6, 6.07) is 10.3. The summed E-state index contributed by atoms with van der Waals surface area (Å²) in [6.45, 7) is 8.29. The van der Waals surface area contributed by atoms with Crippen LogP contribution in [0.4, 0.5) is 0 Å². The third kappa shape index (κ3) is 8.20. The molecule has 0 saturated carbocycles. The van der Waals surface area contributed by atoms with Crippen LogP contribution in [-0.4, -0.2) is 38.7 Å². The van der Waals surface area contributed by atoms with Crippen molar-refractivity contribution in [1.82, 2.24) is 10.6 Å². The molecule has 0 atom stereocenters. The number of nitrogens with zero attached hydrogens (tertiary/aromatic N) is 1. The SMILES string of the molecule is CCNC(=NCC(C)(C)c1ccccc1)NCCC(=O)OC.I. The number of benzene rings is 1. The normalized spacial score (nSPS) is 11.4. The molecule has 130 valence electrons. The molecule has 1 aromatic rings. The van der Waals surface area contributed by atoms with E-state index in [9.17, 15) is 4.79 Å². The molecular weight excluding hydrogens is 405 g/mol. The van der Waals surface area contributed by atoms with Crippen LogP contribution in [0.25, 0.3) is 0 Å². The van der Waals surface area contributed by atoms with Crippen LogP contribution in [0.1, 0.15) is 32.8 Å². The van der Waals surface area contributed by atoms with Crippen LogP contribution in [0.5, 0.6) is 0 Å². The number of guanidine groups is 1. The fraction of sp³-hybridized carbons (Fsp3) is 0.529. The molecule has 0 radical (unpaired) electrons. The number of aliphatic imine (C=N–C) groups is 1. The number of hydrogen-bond donors (Lipinski definition) is 2. The molecule has 0 aliphatic rings. The van der Waals surface area contributed by atoms with Gasteiger partial charge in [-0.25, -0.2) is 0 Å². The van der Waals surface area contributed by atoms with Crippen LogP contribution >= 0.6 is 24.0 Å². The summed E-state index contributed by atoms with van der Waals surface area (Å²) in [4.78, 5) is 15.8. The van der Waals surface area contributed by atoms with Crippen LogP contribution in [0.15, 0.2) is 35.3 Å². The van der Waals surface area contributed by atoms with Gasteiger partial charge in [-0.3, -0.25) is 9.79 Å². The molecule has 2 N–H and O–H groups in total. The van der Waals surface area contributed by atoms with Crippen molar-refractivity contribution in [1.29, 1.82) is 0 Å². The first-order chi connectivity index (χ1) is 10.5. The van der Waals surface area contributed by atoms with Crippen molar-refractivity contribution in [3.05, 3.63) is 35.9 Å². The molecule has 5 nitrogen and oxygen atoms in total. The Hall–Kier alpha value is -1.31. The molecule has 0 aliphatic carbocycles. The Balaban J connectivity index is 0.00000484. The van der Waals surface area contributed by atoms with Gasteiger partial charge in [0.05, 0.1) is 20.1 Å². The maximum atomic E-state index is 11.1. The zero-order valence-corrected chi connectivity index (χ0v) is 16.7. The number of ether oxygens (including phenoxy) is 1. The molecule has 0 unspecified atom stereocenters. The van der Waals surface area contributed by atoms with E-state index >= 15 is 0 Å². The first-order valence-corrected chi connectivity index (χ1v) is 7.64. The fourth-order valence-electron chi connectivity index (χ4n) is 1.98. The monoisotopic (exact) mass is 433 g/mol. The van der Waals surface area contributed by atoms with Crippen LogP contribution in [0.2, 0.25) is 0 Å². The van der Waals surface area contributed by atoms with Gasteiger partial charge in [0.1, 0.15) is 0 Å². The zero-order valence-electron chi connectivity index (χ0n) is 14.4. The number of nitrogens with one attached hydrogen (secondary N) is 2. The van der Waals surface area contributed by atoms with Gasteiger partial charge in [0.2, 0.25) is 0 Å². The van der Waals surface area contributed by atoms with E-state index in [2.05, 4.69) is 46.3 Å². The Kier molecular flexibility index (Phi) is 10.6. The molecule has 0 amide bonds. The summed E-state index contributed by atoms with van der Waals surface area (Å²) >= 11 is 0. The minimum atomic E-state index is -0.229. The van der Waals surface area contributed by atoms with E-state index < -0.39 is 0 Å². The van der Waals surface area contributed by atoms with Gasteiger partial charge in [0.25, 0.3) is 0 Å². The minimum Gasteiger partial charge on any atom is -0.469 e. The van der Waals surface area contributed by atoms with Gasteiger partial charge in [0, 0.05) is 18.5 Å². The number of hydrogen-bond acceptors (Lipinski definition) is 3. The Morgan fingerprint density at radius 1 is 1.22 bits per heavy atom. The average Bonchev–Trinajstić information content (AvgIpc) is 2.53. The molecule has 0 saturated heterocycles. The number of rotatable bonds is 7. The van der Waals surface area contributed by atoms with Crippen LogP contribution in [0, 0.1) is 0 Å². The number of halogens is 1. The molecular formula is C17H28IN3O2. The minimum absolute atomic E-state index is 0. The lowest BCUT2D eigenvalue weighted by Gasteiger charge is -2.23. The van der Waals surface area contributed by atoms with Crippen molar-refractivity contribution >= 4 is 35.9 Å². The largest absolute Gasteiger partial charge is 0.469 e. The molecule has 0 heterocycles. The van der Waals surface area contributed by atoms with Crippen molar-refractivity contribution in [2.24, 2.45) is 4.99 Å². The average molecular weight is 433 g/mol. The van der Waals surface area contributed by atoms with Crippen LogP contribution < -0.4 is 10.6 Å². The highest BCUT2D eigenvalue weighted by Crippen LogP contribution is 2.22. The molecule has 6 heteroatoms. The molecule has 0 spiro atoms. The topological polar surface area (TPSA) is 62.7 Å². The van der Waals surface area contributed by atoms with Gasteiger partial charge in [-0.2, -0.15) is 0 Å². The molecule has 0 bridgehead atoms. The van der Waals surface area contributed by atoms with E-state index in [1.165, 1.54) is 12.7 Å². The highest BCUT2D eigenvalue weighted by atomic mass is 127. The molecule has 0 aliphatic heterocycles. The fourth-order valence-corrected chi connectivity index (χ4v) is 1.98. The quantitative estimate of drug-likeness (QED) is 0.301. The molecule has 0 fully saturated rings. The van der Waals surface area contributed by atoms with Gasteiger partial charge in [-0.1, -0.05) is 44.2 Å². The van der Waals surface area contributed by atoms with Crippen molar-refractivity contribution in [2.45, 2.75) is 32.6 Å². The number of carbonyl (C=O) groups excluding carboxylic acids is 1. The zero-order chi connectivity index (χ0) is 16.4. The first kappa shape index (κ1) is 21.7. The predicted octanol–water partition coefficient (Wildman–Crippen LogP) is 2.70. The Morgan fingerprint density at radius 2 is 1.87 bits per heavy atom. The number of carbonyl (C=O) groups is 1. The van der Waals surface area contributed by atoms with E-state index in [4.69, 9.17) is 0 Å². The summed E-state index contributed by atoms with van der Waals surface area (Å²) in [6.07, 6.45) is 0.322. The lowest BCUT2D eigenvalue weighted by atomic mass is 9.85. The van der Waals surface area contributed by atoms with E-state index in [1.54, 1.807) is 0 Å². The first-order valence-electron chi connectivity index (χ1n) is 7.64. The smallest absolute Gasteiger partial charge is 0.307 e. The summed E-state index contributed by atoms with van der Waals surface area (Å²) in [5, 5.41) is 6.33. The van der Waals surface area contributed by atoms with Crippen molar-refractivity contribution in [3.63, 3.8) is 0 Å². The summed E-state index contributed by atoms with van der Waals surface area (Å²) in [7, 11) is 1.39. The summed E-state index contributed by atoms with van der Waals surface area (Å²) in [5.74, 6) is 0.489. The Labute approximate surface area is 156 Å². The van der Waals surface area contributed by atoms with Crippen molar-refractivity contribution in [2.75, 3.05) is 26.7 Å². The second-order valence-corrected chi connectivity index (χ2v) is 5.70. The summed E-state index contributed by atoms with van der Waals surface area (Å²) < 4.78 is 4.62. The number of methoxy groups -OCH3 is 1. The Morgan fingerprint density at radius 3 is 2.43 bits per heavy atom. The third-order valence-corrected chi connectivity index (χ3v) is 3.38. The molecule has 1 rings (SSSR count).